The summed E-state index contributed by atoms with van der Waals surface area (Å²) >= 11 is 0. The van der Waals surface area contributed by atoms with Gasteiger partial charge in [0.05, 0.1) is 0 Å². The van der Waals surface area contributed by atoms with Gasteiger partial charge in [0.25, 0.3) is 0 Å². The Bertz CT molecular complexity index is 610. The molecular weight excluding hydrogens is 262 g/mol. The Balaban J connectivity index is 3.23. The summed E-state index contributed by atoms with van der Waals surface area (Å²) in [6, 6.07) is 0. The van der Waals surface area contributed by atoms with Crippen LogP contribution in [0, 0.1) is 0 Å². The first kappa shape index (κ1) is 16.7. The van der Waals surface area contributed by atoms with Gasteiger partial charge in [-0.3, -0.25) is 4.99 Å². The molecule has 1 aromatic rings. The number of rotatable bonds is 6. The van der Waals surface area contributed by atoms with Crippen LogP contribution in [0.15, 0.2) is 52.6 Å². The van der Waals surface area contributed by atoms with Crippen LogP contribution in [0.2, 0.25) is 0 Å². The van der Waals surface area contributed by atoms with Crippen LogP contribution in [-0.2, 0) is 13.5 Å². The molecule has 1 aromatic heterocycles. The van der Waals surface area contributed by atoms with Gasteiger partial charge in [-0.15, -0.1) is 15.9 Å². The molecule has 0 unspecified atom stereocenters. The lowest BCUT2D eigenvalue weighted by Crippen LogP contribution is -2.10. The first-order valence-corrected chi connectivity index (χ1v) is 6.95. The molecule has 2 N–H and O–H groups in total. The number of allylic oxidation sites excluding steroid dienone is 4. The SMILES string of the molecule is C/C=C/C=C=C(/C(CC)=N\C)/C(=C/N)Cc1nncn1C. The maximum Gasteiger partial charge on any atom is 0.137 e. The zero-order chi connectivity index (χ0) is 15.7. The average molecular weight is 285 g/mol. The molecule has 0 aliphatic heterocycles. The van der Waals surface area contributed by atoms with Crippen LogP contribution in [0.1, 0.15) is 26.1 Å². The molecule has 0 amide bonds. The van der Waals surface area contributed by atoms with Gasteiger partial charge in [-0.2, -0.15) is 0 Å². The molecule has 0 aromatic carbocycles. The highest BCUT2D eigenvalue weighted by molar-refractivity contribution is 6.03. The van der Waals surface area contributed by atoms with Gasteiger partial charge in [0.2, 0.25) is 0 Å². The molecule has 112 valence electrons. The van der Waals surface area contributed by atoms with Crippen molar-refractivity contribution in [2.24, 2.45) is 17.8 Å². The van der Waals surface area contributed by atoms with E-state index in [1.807, 2.05) is 36.8 Å². The third-order valence-corrected chi connectivity index (χ3v) is 3.09. The molecule has 0 aliphatic carbocycles. The van der Waals surface area contributed by atoms with E-state index in [1.54, 1.807) is 19.6 Å². The molecule has 1 rings (SSSR count). The van der Waals surface area contributed by atoms with Gasteiger partial charge in [-0.05, 0) is 31.2 Å². The Morgan fingerprint density at radius 2 is 2.29 bits per heavy atom. The molecule has 5 nitrogen and oxygen atoms in total. The number of aliphatic imine (C=N–C) groups is 1. The van der Waals surface area contributed by atoms with Gasteiger partial charge in [-0.1, -0.05) is 19.1 Å². The zero-order valence-electron chi connectivity index (χ0n) is 13.2. The third kappa shape index (κ3) is 4.58. The predicted molar refractivity (Wildman–Crippen MR) is 87.0 cm³/mol. The second-order valence-corrected chi connectivity index (χ2v) is 4.46. The Kier molecular flexibility index (Phi) is 6.92. The highest BCUT2D eigenvalue weighted by Crippen LogP contribution is 2.16. The fourth-order valence-corrected chi connectivity index (χ4v) is 1.90. The lowest BCUT2D eigenvalue weighted by Gasteiger charge is -2.10. The minimum Gasteiger partial charge on any atom is -0.404 e. The minimum absolute atomic E-state index is 0.595. The summed E-state index contributed by atoms with van der Waals surface area (Å²) in [7, 11) is 3.70. The standard InChI is InChI=1S/C16H23N5/c1-5-7-8-9-14(15(6-2)18-3)13(11-17)10-16-20-19-12-21(16)4/h5,7-8,11-12H,6,10,17H2,1-4H3/b7-5+,13-11+,18-15-. The second-order valence-electron chi connectivity index (χ2n) is 4.46. The maximum absolute atomic E-state index is 5.82. The van der Waals surface area contributed by atoms with E-state index in [1.165, 1.54) is 0 Å². The van der Waals surface area contributed by atoms with Crippen LogP contribution in [-0.4, -0.2) is 27.5 Å². The number of nitrogens with zero attached hydrogens (tertiary/aromatic N) is 4. The largest absolute Gasteiger partial charge is 0.404 e. The number of aromatic nitrogens is 3. The number of nitrogens with two attached hydrogens (primary N) is 1. The summed E-state index contributed by atoms with van der Waals surface area (Å²) in [5, 5.41) is 8.00. The predicted octanol–water partition coefficient (Wildman–Crippen LogP) is 2.34. The average Bonchev–Trinajstić information content (AvgIpc) is 2.90. The molecule has 0 aliphatic rings. The van der Waals surface area contributed by atoms with Gasteiger partial charge in [0.15, 0.2) is 0 Å². The van der Waals surface area contributed by atoms with E-state index in [0.717, 1.165) is 29.1 Å². The van der Waals surface area contributed by atoms with Crippen molar-refractivity contribution in [1.29, 1.82) is 0 Å². The van der Waals surface area contributed by atoms with Crippen molar-refractivity contribution in [1.82, 2.24) is 14.8 Å². The van der Waals surface area contributed by atoms with Crippen LogP contribution in [0.25, 0.3) is 0 Å². The first-order chi connectivity index (χ1) is 10.2. The molecule has 0 radical (unpaired) electrons. The monoisotopic (exact) mass is 285 g/mol. The molecule has 0 saturated heterocycles. The van der Waals surface area contributed by atoms with Crippen LogP contribution >= 0.6 is 0 Å². The van der Waals surface area contributed by atoms with Crippen molar-refractivity contribution >= 4 is 5.71 Å². The molecular formula is C16H23N5. The topological polar surface area (TPSA) is 69.1 Å². The summed E-state index contributed by atoms with van der Waals surface area (Å²) in [6.07, 6.45) is 10.4. The molecule has 21 heavy (non-hydrogen) atoms. The van der Waals surface area contributed by atoms with Gasteiger partial charge >= 0.3 is 0 Å². The molecule has 1 heterocycles. The Morgan fingerprint density at radius 3 is 2.76 bits per heavy atom. The van der Waals surface area contributed by atoms with Crippen LogP contribution in [0.5, 0.6) is 0 Å². The van der Waals surface area contributed by atoms with Gasteiger partial charge in [0.1, 0.15) is 12.2 Å². The molecule has 0 spiro atoms. The Hall–Kier alpha value is -2.39. The molecule has 0 saturated carbocycles. The highest BCUT2D eigenvalue weighted by Gasteiger charge is 2.13. The van der Waals surface area contributed by atoms with Crippen LogP contribution < -0.4 is 5.73 Å². The fraction of sp³-hybridized carbons (Fsp3) is 0.375. The summed E-state index contributed by atoms with van der Waals surface area (Å²) in [6.45, 7) is 4.03. The van der Waals surface area contributed by atoms with Crippen LogP contribution in [0.4, 0.5) is 0 Å². The summed E-state index contributed by atoms with van der Waals surface area (Å²) in [5.74, 6) is 0.851. The summed E-state index contributed by atoms with van der Waals surface area (Å²) in [5.41, 5.74) is 11.9. The Morgan fingerprint density at radius 1 is 1.52 bits per heavy atom. The lowest BCUT2D eigenvalue weighted by atomic mass is 9.97. The summed E-state index contributed by atoms with van der Waals surface area (Å²) in [4.78, 5) is 4.34. The van der Waals surface area contributed by atoms with Crippen molar-refractivity contribution in [2.75, 3.05) is 7.05 Å². The van der Waals surface area contributed by atoms with Gasteiger partial charge in [-0.25, -0.2) is 0 Å². The fourth-order valence-electron chi connectivity index (χ4n) is 1.90. The lowest BCUT2D eigenvalue weighted by molar-refractivity contribution is 0.818. The van der Waals surface area contributed by atoms with E-state index >= 15 is 0 Å². The van der Waals surface area contributed by atoms with Crippen molar-refractivity contribution in [3.8, 4) is 0 Å². The van der Waals surface area contributed by atoms with E-state index in [0.29, 0.717) is 6.42 Å². The van der Waals surface area contributed by atoms with Crippen molar-refractivity contribution in [3.63, 3.8) is 0 Å². The minimum atomic E-state index is 0.595. The van der Waals surface area contributed by atoms with E-state index in [4.69, 9.17) is 5.73 Å². The van der Waals surface area contributed by atoms with Crippen molar-refractivity contribution in [2.45, 2.75) is 26.7 Å². The van der Waals surface area contributed by atoms with E-state index in [9.17, 15) is 0 Å². The number of hydrogen-bond acceptors (Lipinski definition) is 4. The van der Waals surface area contributed by atoms with Crippen molar-refractivity contribution in [3.05, 3.63) is 53.5 Å². The van der Waals surface area contributed by atoms with E-state index in [-0.39, 0.29) is 0 Å². The molecule has 0 atom stereocenters. The zero-order valence-corrected chi connectivity index (χ0v) is 13.2. The Labute approximate surface area is 126 Å². The maximum atomic E-state index is 5.82. The van der Waals surface area contributed by atoms with Gasteiger partial charge < -0.3 is 10.3 Å². The highest BCUT2D eigenvalue weighted by atomic mass is 15.2. The second kappa shape index (κ2) is 8.72. The summed E-state index contributed by atoms with van der Waals surface area (Å²) < 4.78 is 1.88. The molecule has 0 bridgehead atoms. The number of aryl methyl sites for hydroxylation is 1. The van der Waals surface area contributed by atoms with Crippen LogP contribution in [0.3, 0.4) is 0 Å². The third-order valence-electron chi connectivity index (χ3n) is 3.09. The quantitative estimate of drug-likeness (QED) is 0.495. The smallest absolute Gasteiger partial charge is 0.137 e. The first-order valence-electron chi connectivity index (χ1n) is 6.95. The van der Waals surface area contributed by atoms with Gasteiger partial charge in [0, 0.05) is 31.8 Å². The molecule has 5 heteroatoms. The number of hydrogen-bond donors (Lipinski definition) is 1. The normalized spacial score (nSPS) is 12.6. The van der Waals surface area contributed by atoms with Crippen molar-refractivity contribution < 1.29 is 0 Å². The van der Waals surface area contributed by atoms with E-state index < -0.39 is 0 Å². The van der Waals surface area contributed by atoms with E-state index in [2.05, 4.69) is 27.8 Å². The molecule has 0 fully saturated rings.